The van der Waals surface area contributed by atoms with Crippen molar-refractivity contribution in [2.45, 2.75) is 0 Å². The third-order valence-corrected chi connectivity index (χ3v) is 0.409. The molecule has 9 heavy (non-hydrogen) atoms. The van der Waals surface area contributed by atoms with Gasteiger partial charge in [0.2, 0.25) is 0 Å². The fourth-order valence-corrected chi connectivity index (χ4v) is 0.102. The van der Waals surface area contributed by atoms with Gasteiger partial charge in [-0.2, -0.15) is 0 Å². The summed E-state index contributed by atoms with van der Waals surface area (Å²) in [5.74, 6) is -2.62. The molecule has 0 aromatic heterocycles. The van der Waals surface area contributed by atoms with Crippen molar-refractivity contribution in [1.82, 2.24) is 17.1 Å². The van der Waals surface area contributed by atoms with E-state index in [1.54, 1.807) is 0 Å². The Balaban J connectivity index is 0. The molecule has 54 valence electrons. The van der Waals surface area contributed by atoms with Crippen LogP contribution in [0.5, 0.6) is 0 Å². The van der Waals surface area contributed by atoms with Gasteiger partial charge >= 0.3 is 11.8 Å². The molecule has 0 heterocycles. The maximum Gasteiger partial charge on any atom is 0.334 e. The lowest BCUT2D eigenvalue weighted by molar-refractivity contribution is -0.148. The van der Waals surface area contributed by atoms with Crippen molar-refractivity contribution in [3.05, 3.63) is 0 Å². The number of rotatable bonds is 0. The van der Waals surface area contributed by atoms with Gasteiger partial charge in [-0.3, -0.25) is 20.0 Å². The number of carbonyl (C=O) groups is 2. The third-order valence-electron chi connectivity index (χ3n) is 0.409. The van der Waals surface area contributed by atoms with E-state index in [1.165, 1.54) is 0 Å². The van der Waals surface area contributed by atoms with Gasteiger partial charge in [-0.05, 0) is 0 Å². The minimum Gasteiger partial charge on any atom is -0.369 e. The molecule has 0 bridgehead atoms. The minimum absolute atomic E-state index is 0. The van der Waals surface area contributed by atoms with E-state index in [4.69, 9.17) is 10.4 Å². The highest BCUT2D eigenvalue weighted by Crippen LogP contribution is 1.58. The number of hydrogen-bond acceptors (Lipinski definition) is 4. The Hall–Kier alpha value is -1.18. The quantitative estimate of drug-likeness (QED) is 0.156. The summed E-state index contributed by atoms with van der Waals surface area (Å²) >= 11 is 0. The number of nitrogens with one attached hydrogen (secondary N) is 2. The molecule has 0 aliphatic rings. The molecule has 0 aliphatic carbocycles. The Morgan fingerprint density at radius 1 is 1.00 bits per heavy atom. The second-order valence-electron chi connectivity index (χ2n) is 0.882. The molecule has 0 spiro atoms. The zero-order valence-corrected chi connectivity index (χ0v) is 4.71. The maximum absolute atomic E-state index is 9.81. The summed E-state index contributed by atoms with van der Waals surface area (Å²) < 4.78 is 0. The Bertz CT molecular complexity index is 98.4. The highest BCUT2D eigenvalue weighted by Gasteiger charge is 2.08. The number of hydrogen-bond donors (Lipinski definition) is 5. The first-order valence-electron chi connectivity index (χ1n) is 1.61. The molecule has 0 aromatic carbocycles. The van der Waals surface area contributed by atoms with E-state index in [-0.39, 0.29) is 6.15 Å². The Kier molecular flexibility index (Phi) is 5.93. The van der Waals surface area contributed by atoms with Crippen LogP contribution in [0.4, 0.5) is 0 Å². The lowest BCUT2D eigenvalue weighted by Crippen LogP contribution is -2.36. The second kappa shape index (κ2) is 4.97. The molecule has 0 aliphatic heterocycles. The average Bonchev–Trinajstić information content (AvgIpc) is 1.84. The summed E-state index contributed by atoms with van der Waals surface area (Å²) in [6, 6.07) is 0. The van der Waals surface area contributed by atoms with Crippen LogP contribution in [-0.2, 0) is 9.59 Å². The summed E-state index contributed by atoms with van der Waals surface area (Å²) in [6.45, 7) is 0. The van der Waals surface area contributed by atoms with Crippen LogP contribution in [-0.4, -0.2) is 22.2 Å². The van der Waals surface area contributed by atoms with Gasteiger partial charge in [-0.25, -0.2) is 11.0 Å². The predicted octanol–water partition coefficient (Wildman–Crippen LogP) is -1.63. The van der Waals surface area contributed by atoms with Gasteiger partial charge in [-0.1, -0.05) is 0 Å². The van der Waals surface area contributed by atoms with Crippen LogP contribution in [0.25, 0.3) is 0 Å². The van der Waals surface area contributed by atoms with Gasteiger partial charge in [0.25, 0.3) is 0 Å². The van der Waals surface area contributed by atoms with Crippen LogP contribution < -0.4 is 17.1 Å². The highest BCUT2D eigenvalue weighted by atomic mass is 16.5. The van der Waals surface area contributed by atoms with Crippen LogP contribution in [0.2, 0.25) is 0 Å². The molecule has 0 saturated heterocycles. The fraction of sp³-hybridized carbons (Fsp3) is 0. The van der Waals surface area contributed by atoms with Crippen LogP contribution in [0.1, 0.15) is 0 Å². The zero-order chi connectivity index (χ0) is 6.57. The molecule has 0 atom stereocenters. The summed E-state index contributed by atoms with van der Waals surface area (Å²) in [4.78, 5) is 19.6. The predicted molar refractivity (Wildman–Crippen MR) is 25.8 cm³/mol. The largest absolute Gasteiger partial charge is 0.369 e. The van der Waals surface area contributed by atoms with Crippen molar-refractivity contribution < 1.29 is 20.0 Å². The summed E-state index contributed by atoms with van der Waals surface area (Å²) in [5, 5.41) is 15.3. The number of hydroxylamine groups is 2. The lowest BCUT2D eigenvalue weighted by Gasteiger charge is -1.91. The van der Waals surface area contributed by atoms with Gasteiger partial charge in [0.1, 0.15) is 0 Å². The van der Waals surface area contributed by atoms with Crippen molar-refractivity contribution in [2.75, 3.05) is 0 Å². The molecule has 0 unspecified atom stereocenters. The molecule has 0 rings (SSSR count). The van der Waals surface area contributed by atoms with E-state index < -0.39 is 11.8 Å². The second-order valence-corrected chi connectivity index (χ2v) is 0.882. The van der Waals surface area contributed by atoms with Crippen LogP contribution >= 0.6 is 0 Å². The van der Waals surface area contributed by atoms with Crippen LogP contribution in [0, 0.1) is 0 Å². The minimum atomic E-state index is -1.31. The Labute approximate surface area is 50.2 Å². The van der Waals surface area contributed by atoms with Crippen LogP contribution in [0.3, 0.4) is 0 Å². The zero-order valence-electron chi connectivity index (χ0n) is 4.71. The monoisotopic (exact) mass is 138 g/mol. The van der Waals surface area contributed by atoms with Crippen molar-refractivity contribution in [3.63, 3.8) is 0 Å². The van der Waals surface area contributed by atoms with Crippen LogP contribution in [0.15, 0.2) is 0 Å². The standard InChI is InChI=1S/C2H4N2O4.H3N/c5-1(3-7)2(6)4-8;/h7-8H,(H,3,5)(H,4,6);1H3/p+1. The number of amides is 2. The van der Waals surface area contributed by atoms with E-state index in [2.05, 4.69) is 0 Å². The topological polar surface area (TPSA) is 135 Å². The Morgan fingerprint density at radius 2 is 1.22 bits per heavy atom. The normalized spacial score (nSPS) is 6.89. The van der Waals surface area contributed by atoms with Gasteiger partial charge < -0.3 is 6.15 Å². The molecule has 8 N–H and O–H groups in total. The lowest BCUT2D eigenvalue weighted by atomic mass is 10.6. The van der Waals surface area contributed by atoms with Crippen molar-refractivity contribution in [2.24, 2.45) is 0 Å². The third kappa shape index (κ3) is 3.41. The van der Waals surface area contributed by atoms with Gasteiger partial charge in [-0.15, -0.1) is 0 Å². The van der Waals surface area contributed by atoms with E-state index in [0.29, 0.717) is 0 Å². The highest BCUT2D eigenvalue weighted by molar-refractivity contribution is 6.34. The molecule has 0 radical (unpaired) electrons. The van der Waals surface area contributed by atoms with E-state index in [0.717, 1.165) is 11.0 Å². The maximum atomic E-state index is 9.81. The van der Waals surface area contributed by atoms with Crippen molar-refractivity contribution >= 4 is 11.8 Å². The van der Waals surface area contributed by atoms with Gasteiger partial charge in [0, 0.05) is 0 Å². The molecule has 0 saturated carbocycles. The molecular formula is C2H8N3O4+. The number of quaternary nitrogens is 1. The first-order chi connectivity index (χ1) is 3.72. The molecular weight excluding hydrogens is 130 g/mol. The SMILES string of the molecule is O=C(NO)C(=O)NO.[NH4+]. The molecule has 7 nitrogen and oxygen atoms in total. The molecule has 0 aromatic rings. The summed E-state index contributed by atoms with van der Waals surface area (Å²) in [6.07, 6.45) is 0. The average molecular weight is 138 g/mol. The smallest absolute Gasteiger partial charge is 0.334 e. The van der Waals surface area contributed by atoms with E-state index in [9.17, 15) is 9.59 Å². The van der Waals surface area contributed by atoms with Crippen molar-refractivity contribution in [1.29, 1.82) is 0 Å². The van der Waals surface area contributed by atoms with Gasteiger partial charge in [0.15, 0.2) is 0 Å². The van der Waals surface area contributed by atoms with Crippen molar-refractivity contribution in [3.8, 4) is 0 Å². The fourth-order valence-electron chi connectivity index (χ4n) is 0.102. The molecule has 7 heteroatoms. The molecule has 0 fully saturated rings. The molecule has 2 amide bonds. The summed E-state index contributed by atoms with van der Waals surface area (Å²) in [5.41, 5.74) is 2.01. The summed E-state index contributed by atoms with van der Waals surface area (Å²) in [7, 11) is 0. The van der Waals surface area contributed by atoms with Gasteiger partial charge in [0.05, 0.1) is 0 Å². The van der Waals surface area contributed by atoms with E-state index >= 15 is 0 Å². The first kappa shape index (κ1) is 10.7. The number of carbonyl (C=O) groups excluding carboxylic acids is 2. The Morgan fingerprint density at radius 3 is 1.33 bits per heavy atom. The first-order valence-corrected chi connectivity index (χ1v) is 1.61. The van der Waals surface area contributed by atoms with E-state index in [1.807, 2.05) is 0 Å².